The zero-order valence-corrected chi connectivity index (χ0v) is 13.2. The number of rotatable bonds is 5. The van der Waals surface area contributed by atoms with Crippen LogP contribution in [0.5, 0.6) is 0 Å². The highest BCUT2D eigenvalue weighted by atomic mass is 32.2. The van der Waals surface area contributed by atoms with Crippen molar-refractivity contribution in [3.8, 4) is 0 Å². The van der Waals surface area contributed by atoms with Gasteiger partial charge in [0.25, 0.3) is 10.0 Å². The number of imidazole rings is 1. The quantitative estimate of drug-likeness (QED) is 0.671. The lowest BCUT2D eigenvalue weighted by atomic mass is 10.3. The van der Waals surface area contributed by atoms with Gasteiger partial charge < -0.3 is 0 Å². The van der Waals surface area contributed by atoms with Crippen molar-refractivity contribution in [3.63, 3.8) is 0 Å². The van der Waals surface area contributed by atoms with Crippen LogP contribution in [0.2, 0.25) is 0 Å². The van der Waals surface area contributed by atoms with Crippen molar-refractivity contribution in [1.29, 1.82) is 0 Å². The van der Waals surface area contributed by atoms with Crippen LogP contribution < -0.4 is 10.3 Å². The predicted octanol–water partition coefficient (Wildman–Crippen LogP) is 1.09. The molecule has 23 heavy (non-hydrogen) atoms. The molecule has 0 saturated heterocycles. The molecule has 3 rings (SSSR count). The third-order valence-electron chi connectivity index (χ3n) is 2.94. The molecular weight excluding hydrogens is 343 g/mol. The van der Waals surface area contributed by atoms with Crippen molar-refractivity contribution < 1.29 is 17.6 Å². The lowest BCUT2D eigenvalue weighted by Crippen LogP contribution is -2.42. The van der Waals surface area contributed by atoms with Crippen LogP contribution in [0.15, 0.2) is 46.9 Å². The van der Waals surface area contributed by atoms with Crippen molar-refractivity contribution in [1.82, 2.24) is 19.6 Å². The van der Waals surface area contributed by atoms with Crippen molar-refractivity contribution in [2.75, 3.05) is 0 Å². The summed E-state index contributed by atoms with van der Waals surface area (Å²) in [5.41, 5.74) is 2.54. The van der Waals surface area contributed by atoms with Gasteiger partial charge in [-0.15, -0.1) is 16.2 Å². The third kappa shape index (κ3) is 3.38. The van der Waals surface area contributed by atoms with Crippen LogP contribution in [-0.4, -0.2) is 23.7 Å². The number of halogens is 1. The van der Waals surface area contributed by atoms with E-state index in [0.29, 0.717) is 5.69 Å². The Morgan fingerprint density at radius 1 is 1.35 bits per heavy atom. The number of amides is 1. The van der Waals surface area contributed by atoms with E-state index in [-0.39, 0.29) is 6.42 Å². The number of sulfonamides is 1. The second-order valence-electron chi connectivity index (χ2n) is 4.59. The molecule has 2 aromatic heterocycles. The summed E-state index contributed by atoms with van der Waals surface area (Å²) in [7, 11) is -4.17. The number of aromatic nitrogens is 2. The van der Waals surface area contributed by atoms with Crippen LogP contribution in [0.25, 0.3) is 4.96 Å². The summed E-state index contributed by atoms with van der Waals surface area (Å²) in [5, 5.41) is 1.86. The zero-order chi connectivity index (χ0) is 16.4. The molecule has 7 nitrogen and oxygen atoms in total. The second-order valence-corrected chi connectivity index (χ2v) is 7.11. The lowest BCUT2D eigenvalue weighted by molar-refractivity contribution is -0.120. The van der Waals surface area contributed by atoms with Gasteiger partial charge in [-0.05, 0) is 12.1 Å². The fourth-order valence-corrected chi connectivity index (χ4v) is 3.57. The van der Waals surface area contributed by atoms with E-state index >= 15 is 0 Å². The molecule has 0 bridgehead atoms. The maximum Gasteiger partial charge on any atom is 0.260 e. The number of hydrogen-bond acceptors (Lipinski definition) is 5. The summed E-state index contributed by atoms with van der Waals surface area (Å²) in [6, 6.07) is 4.89. The fourth-order valence-electron chi connectivity index (χ4n) is 1.91. The van der Waals surface area contributed by atoms with Crippen molar-refractivity contribution >= 4 is 32.2 Å². The molecular formula is C13H11FN4O3S2. The van der Waals surface area contributed by atoms with Gasteiger partial charge in [-0.1, -0.05) is 12.1 Å². The molecule has 2 N–H and O–H groups in total. The fraction of sp³-hybridized carbons (Fsp3) is 0.0769. The van der Waals surface area contributed by atoms with Crippen LogP contribution in [0.3, 0.4) is 0 Å². The van der Waals surface area contributed by atoms with Crippen molar-refractivity contribution in [3.05, 3.63) is 53.6 Å². The number of hydrazine groups is 1. The molecule has 0 aliphatic rings. The molecule has 1 aromatic carbocycles. The Labute approximate surface area is 134 Å². The Kier molecular flexibility index (Phi) is 4.11. The molecule has 3 aromatic rings. The molecule has 0 aliphatic carbocycles. The molecule has 0 unspecified atom stereocenters. The van der Waals surface area contributed by atoms with Crippen molar-refractivity contribution in [2.24, 2.45) is 0 Å². The molecule has 0 saturated carbocycles. The number of nitrogens with one attached hydrogen (secondary N) is 2. The molecule has 1 amide bonds. The number of carbonyl (C=O) groups is 1. The van der Waals surface area contributed by atoms with E-state index in [0.717, 1.165) is 17.1 Å². The van der Waals surface area contributed by atoms with E-state index in [2.05, 4.69) is 4.98 Å². The van der Waals surface area contributed by atoms with Gasteiger partial charge in [0.15, 0.2) is 4.96 Å². The maximum absolute atomic E-state index is 13.5. The highest BCUT2D eigenvalue weighted by Gasteiger charge is 2.19. The Morgan fingerprint density at radius 2 is 2.13 bits per heavy atom. The van der Waals surface area contributed by atoms with E-state index in [9.17, 15) is 17.6 Å². The topological polar surface area (TPSA) is 92.6 Å². The smallest absolute Gasteiger partial charge is 0.260 e. The minimum atomic E-state index is -4.17. The molecule has 0 spiro atoms. The number of nitrogens with zero attached hydrogens (tertiary/aromatic N) is 2. The lowest BCUT2D eigenvalue weighted by Gasteiger charge is -2.08. The van der Waals surface area contributed by atoms with Gasteiger partial charge in [0.2, 0.25) is 5.91 Å². The first-order chi connectivity index (χ1) is 11.0. The summed E-state index contributed by atoms with van der Waals surface area (Å²) < 4.78 is 39.1. The monoisotopic (exact) mass is 354 g/mol. The van der Waals surface area contributed by atoms with Gasteiger partial charge in [0.1, 0.15) is 10.7 Å². The first-order valence-corrected chi connectivity index (χ1v) is 8.78. The summed E-state index contributed by atoms with van der Waals surface area (Å²) >= 11 is 1.42. The first-order valence-electron chi connectivity index (χ1n) is 6.42. The summed E-state index contributed by atoms with van der Waals surface area (Å²) in [6.07, 6.45) is 3.38. The highest BCUT2D eigenvalue weighted by molar-refractivity contribution is 7.89. The van der Waals surface area contributed by atoms with Crippen LogP contribution >= 0.6 is 11.3 Å². The van der Waals surface area contributed by atoms with Gasteiger partial charge in [-0.3, -0.25) is 14.6 Å². The van der Waals surface area contributed by atoms with Gasteiger partial charge in [-0.25, -0.2) is 17.8 Å². The predicted molar refractivity (Wildman–Crippen MR) is 81.6 cm³/mol. The number of benzene rings is 1. The van der Waals surface area contributed by atoms with Gasteiger partial charge in [-0.2, -0.15) is 0 Å². The standard InChI is InChI=1S/C13H11FN4O3S2/c14-10-3-1-2-4-11(10)23(20,21)17-16-12(19)7-9-8-18-5-6-22-13(18)15-9/h1-6,8,17H,7H2,(H,16,19). The molecule has 10 heteroatoms. The summed E-state index contributed by atoms with van der Waals surface area (Å²) in [4.78, 5) is 18.1. The molecule has 0 atom stereocenters. The average Bonchev–Trinajstić information content (AvgIpc) is 3.07. The van der Waals surface area contributed by atoms with Crippen molar-refractivity contribution in [2.45, 2.75) is 11.3 Å². The van der Waals surface area contributed by atoms with Gasteiger partial charge >= 0.3 is 0 Å². The largest absolute Gasteiger partial charge is 0.297 e. The number of fused-ring (bicyclic) bond motifs is 1. The van der Waals surface area contributed by atoms with E-state index in [4.69, 9.17) is 0 Å². The third-order valence-corrected chi connectivity index (χ3v) is 4.99. The zero-order valence-electron chi connectivity index (χ0n) is 11.6. The Bertz CT molecular complexity index is 936. The molecule has 2 heterocycles. The average molecular weight is 354 g/mol. The van der Waals surface area contributed by atoms with Crippen LogP contribution in [0.1, 0.15) is 5.69 Å². The first kappa shape index (κ1) is 15.6. The van der Waals surface area contributed by atoms with Gasteiger partial charge in [0, 0.05) is 17.8 Å². The molecule has 120 valence electrons. The minimum absolute atomic E-state index is 0.103. The van der Waals surface area contributed by atoms with Crippen LogP contribution in [0, 0.1) is 5.82 Å². The van der Waals surface area contributed by atoms with E-state index in [1.807, 2.05) is 15.6 Å². The number of thiazole rings is 1. The van der Waals surface area contributed by atoms with Crippen LogP contribution in [0.4, 0.5) is 4.39 Å². The Hall–Kier alpha value is -2.30. The molecule has 0 aliphatic heterocycles. The second kappa shape index (κ2) is 6.07. The van der Waals surface area contributed by atoms with E-state index in [1.165, 1.54) is 23.5 Å². The maximum atomic E-state index is 13.5. The molecule has 0 radical (unpaired) electrons. The number of carbonyl (C=O) groups excluding carboxylic acids is 1. The van der Waals surface area contributed by atoms with Crippen LogP contribution in [-0.2, 0) is 21.2 Å². The minimum Gasteiger partial charge on any atom is -0.297 e. The number of hydrogen-bond donors (Lipinski definition) is 2. The normalized spacial score (nSPS) is 11.7. The van der Waals surface area contributed by atoms with E-state index in [1.54, 1.807) is 16.8 Å². The highest BCUT2D eigenvalue weighted by Crippen LogP contribution is 2.13. The molecule has 0 fully saturated rings. The Morgan fingerprint density at radius 3 is 2.87 bits per heavy atom. The SMILES string of the molecule is O=C(Cc1cn2ccsc2n1)NNS(=O)(=O)c1ccccc1F. The Balaban J connectivity index is 1.64. The summed E-state index contributed by atoms with van der Waals surface area (Å²) in [5.74, 6) is -1.50. The van der Waals surface area contributed by atoms with Gasteiger partial charge in [0.05, 0.1) is 12.1 Å². The van der Waals surface area contributed by atoms with E-state index < -0.39 is 26.6 Å². The summed E-state index contributed by atoms with van der Waals surface area (Å²) in [6.45, 7) is 0.